The Kier molecular flexibility index (Phi) is 10.8. The number of nitrogens with zero attached hydrogens (tertiary/aromatic N) is 2. The zero-order valence-electron chi connectivity index (χ0n) is 22.2. The van der Waals surface area contributed by atoms with Crippen LogP contribution in [0.4, 0.5) is 5.69 Å². The summed E-state index contributed by atoms with van der Waals surface area (Å²) in [6, 6.07) is 19.0. The molecule has 0 aliphatic carbocycles. The van der Waals surface area contributed by atoms with E-state index in [9.17, 15) is 18.0 Å². The fourth-order valence-electron chi connectivity index (χ4n) is 4.01. The second-order valence-corrected chi connectivity index (χ2v) is 11.9. The molecular formula is C29H33Cl2N3O4S. The summed E-state index contributed by atoms with van der Waals surface area (Å²) in [7, 11) is -4.17. The Bertz CT molecular complexity index is 1400. The quantitative estimate of drug-likeness (QED) is 0.269. The van der Waals surface area contributed by atoms with Crippen LogP contribution in [-0.4, -0.2) is 44.3 Å². The van der Waals surface area contributed by atoms with Crippen LogP contribution in [0.25, 0.3) is 0 Å². The van der Waals surface area contributed by atoms with Crippen LogP contribution in [-0.2, 0) is 26.2 Å². The van der Waals surface area contributed by atoms with Crippen LogP contribution in [0, 0.1) is 6.92 Å². The molecule has 1 atom stereocenters. The Morgan fingerprint density at radius 1 is 0.949 bits per heavy atom. The fourth-order valence-corrected chi connectivity index (χ4v) is 5.73. The number of aryl methyl sites for hydroxylation is 1. The topological polar surface area (TPSA) is 86.8 Å². The molecule has 3 aromatic rings. The van der Waals surface area contributed by atoms with Crippen LogP contribution in [0.1, 0.15) is 37.8 Å². The third kappa shape index (κ3) is 7.97. The fraction of sp³-hybridized carbons (Fsp3) is 0.310. The zero-order valence-corrected chi connectivity index (χ0v) is 24.6. The molecule has 39 heavy (non-hydrogen) atoms. The summed E-state index contributed by atoms with van der Waals surface area (Å²) in [5.41, 5.74) is 2.00. The number of halogens is 2. The molecule has 0 radical (unpaired) electrons. The smallest absolute Gasteiger partial charge is 0.264 e. The first-order chi connectivity index (χ1) is 18.5. The maximum Gasteiger partial charge on any atom is 0.264 e. The van der Waals surface area contributed by atoms with Crippen LogP contribution in [0.5, 0.6) is 0 Å². The van der Waals surface area contributed by atoms with Crippen LogP contribution in [0.2, 0.25) is 10.0 Å². The Balaban J connectivity index is 2.01. The summed E-state index contributed by atoms with van der Waals surface area (Å²) in [5, 5.41) is 3.27. The Labute approximate surface area is 240 Å². The Morgan fingerprint density at radius 3 is 2.31 bits per heavy atom. The molecule has 0 spiro atoms. The number of sulfonamides is 1. The van der Waals surface area contributed by atoms with Gasteiger partial charge in [-0.1, -0.05) is 84.6 Å². The van der Waals surface area contributed by atoms with Gasteiger partial charge in [0, 0.05) is 13.1 Å². The van der Waals surface area contributed by atoms with Crippen LogP contribution in [0.3, 0.4) is 0 Å². The van der Waals surface area contributed by atoms with Crippen molar-refractivity contribution in [2.75, 3.05) is 17.4 Å². The summed E-state index contributed by atoms with van der Waals surface area (Å²) in [4.78, 5) is 28.3. The van der Waals surface area contributed by atoms with Crippen molar-refractivity contribution in [3.63, 3.8) is 0 Å². The molecule has 0 heterocycles. The summed E-state index contributed by atoms with van der Waals surface area (Å²) in [5.74, 6) is -0.850. The molecule has 2 amide bonds. The monoisotopic (exact) mass is 589 g/mol. The highest BCUT2D eigenvalue weighted by Crippen LogP contribution is 2.31. The molecule has 208 valence electrons. The molecule has 0 bridgehead atoms. The van der Waals surface area contributed by atoms with Crippen molar-refractivity contribution in [2.24, 2.45) is 0 Å². The summed E-state index contributed by atoms with van der Waals surface area (Å²) in [6.45, 7) is 5.67. The van der Waals surface area contributed by atoms with Crippen molar-refractivity contribution >= 4 is 50.7 Å². The molecule has 0 saturated carbocycles. The third-order valence-electron chi connectivity index (χ3n) is 6.23. The van der Waals surface area contributed by atoms with E-state index in [1.165, 1.54) is 35.2 Å². The van der Waals surface area contributed by atoms with Gasteiger partial charge in [0.05, 0.1) is 20.6 Å². The molecule has 0 aromatic heterocycles. The number of rotatable bonds is 12. The third-order valence-corrected chi connectivity index (χ3v) is 8.76. The maximum atomic E-state index is 13.9. The van der Waals surface area contributed by atoms with Gasteiger partial charge in [0.2, 0.25) is 11.8 Å². The zero-order chi connectivity index (χ0) is 28.6. The highest BCUT2D eigenvalue weighted by molar-refractivity contribution is 7.92. The summed E-state index contributed by atoms with van der Waals surface area (Å²) in [6.07, 6.45) is 1.72. The highest BCUT2D eigenvalue weighted by atomic mass is 35.5. The van der Waals surface area contributed by atoms with Crippen LogP contribution >= 0.6 is 23.2 Å². The Morgan fingerprint density at radius 2 is 1.67 bits per heavy atom. The molecule has 7 nitrogen and oxygen atoms in total. The van der Waals surface area contributed by atoms with Crippen molar-refractivity contribution in [3.05, 3.63) is 94.0 Å². The Hall–Kier alpha value is -3.07. The van der Waals surface area contributed by atoms with Gasteiger partial charge in [0.15, 0.2) is 0 Å². The lowest BCUT2D eigenvalue weighted by molar-refractivity contribution is -0.139. The van der Waals surface area contributed by atoms with E-state index in [0.717, 1.165) is 28.3 Å². The average molecular weight is 591 g/mol. The van der Waals surface area contributed by atoms with Crippen molar-refractivity contribution < 1.29 is 18.0 Å². The molecule has 0 unspecified atom stereocenters. The van der Waals surface area contributed by atoms with E-state index in [1.54, 1.807) is 25.1 Å². The first-order valence-electron chi connectivity index (χ1n) is 12.7. The van der Waals surface area contributed by atoms with Crippen molar-refractivity contribution in [2.45, 2.75) is 51.1 Å². The van der Waals surface area contributed by atoms with E-state index in [4.69, 9.17) is 23.2 Å². The predicted octanol–water partition coefficient (Wildman–Crippen LogP) is 5.83. The van der Waals surface area contributed by atoms with Crippen molar-refractivity contribution in [3.8, 4) is 0 Å². The van der Waals surface area contributed by atoms with E-state index in [2.05, 4.69) is 5.32 Å². The van der Waals surface area contributed by atoms with Crippen LogP contribution in [0.15, 0.2) is 77.7 Å². The number of carbonyl (C=O) groups is 2. The van der Waals surface area contributed by atoms with E-state index >= 15 is 0 Å². The van der Waals surface area contributed by atoms with E-state index in [-0.39, 0.29) is 33.1 Å². The molecule has 0 aliphatic rings. The number of benzene rings is 3. The summed E-state index contributed by atoms with van der Waals surface area (Å²) >= 11 is 12.3. The van der Waals surface area contributed by atoms with E-state index in [1.807, 2.05) is 38.1 Å². The SMILES string of the molecule is CCCCNC(=O)[C@H](C)N(Cc1cccc(C)c1)C(=O)CN(c1ccc(Cl)c(Cl)c1)S(=O)(=O)c1ccccc1. The molecule has 0 fully saturated rings. The molecule has 3 rings (SSSR count). The lowest BCUT2D eigenvalue weighted by Crippen LogP contribution is -2.51. The van der Waals surface area contributed by atoms with Gasteiger partial charge in [-0.05, 0) is 56.2 Å². The molecule has 0 saturated heterocycles. The van der Waals surface area contributed by atoms with Crippen LogP contribution < -0.4 is 9.62 Å². The second-order valence-electron chi connectivity index (χ2n) is 9.25. The molecule has 0 aliphatic heterocycles. The largest absolute Gasteiger partial charge is 0.354 e. The lowest BCUT2D eigenvalue weighted by Gasteiger charge is -2.32. The van der Waals surface area contributed by atoms with Gasteiger partial charge in [0.1, 0.15) is 12.6 Å². The van der Waals surface area contributed by atoms with Gasteiger partial charge in [-0.2, -0.15) is 0 Å². The minimum Gasteiger partial charge on any atom is -0.354 e. The number of unbranched alkanes of at least 4 members (excludes halogenated alkanes) is 1. The molecule has 1 N–H and O–H groups in total. The van der Waals surface area contributed by atoms with Gasteiger partial charge in [0.25, 0.3) is 10.0 Å². The van der Waals surface area contributed by atoms with Crippen molar-refractivity contribution in [1.29, 1.82) is 0 Å². The number of amides is 2. The van der Waals surface area contributed by atoms with Gasteiger partial charge in [-0.25, -0.2) is 8.42 Å². The van der Waals surface area contributed by atoms with Gasteiger partial charge < -0.3 is 10.2 Å². The molecule has 3 aromatic carbocycles. The van der Waals surface area contributed by atoms with E-state index < -0.39 is 28.5 Å². The first-order valence-corrected chi connectivity index (χ1v) is 14.9. The maximum absolute atomic E-state index is 13.9. The van der Waals surface area contributed by atoms with E-state index in [0.29, 0.717) is 6.54 Å². The van der Waals surface area contributed by atoms with Gasteiger partial charge in [-0.15, -0.1) is 0 Å². The molecule has 10 heteroatoms. The second kappa shape index (κ2) is 13.8. The average Bonchev–Trinajstić information content (AvgIpc) is 2.92. The normalized spacial score (nSPS) is 12.0. The number of hydrogen-bond acceptors (Lipinski definition) is 4. The first kappa shape index (κ1) is 30.5. The number of hydrogen-bond donors (Lipinski definition) is 1. The number of carbonyl (C=O) groups excluding carboxylic acids is 2. The summed E-state index contributed by atoms with van der Waals surface area (Å²) < 4.78 is 28.5. The minimum absolute atomic E-state index is 0.0134. The predicted molar refractivity (Wildman–Crippen MR) is 157 cm³/mol. The molecular weight excluding hydrogens is 557 g/mol. The standard InChI is InChI=1S/C29H33Cl2N3O4S/c1-4-5-16-32-29(36)22(3)33(19-23-11-9-10-21(2)17-23)28(35)20-34(24-14-15-26(30)27(31)18-24)39(37,38)25-12-7-6-8-13-25/h6-15,17-18,22H,4-5,16,19-20H2,1-3H3,(H,32,36)/t22-/m0/s1. The van der Waals surface area contributed by atoms with Gasteiger partial charge in [-0.3, -0.25) is 13.9 Å². The number of anilines is 1. The lowest BCUT2D eigenvalue weighted by atomic mass is 10.1. The van der Waals surface area contributed by atoms with Crippen molar-refractivity contribution in [1.82, 2.24) is 10.2 Å². The number of nitrogens with one attached hydrogen (secondary N) is 1. The van der Waals surface area contributed by atoms with Gasteiger partial charge >= 0.3 is 0 Å². The minimum atomic E-state index is -4.17. The highest BCUT2D eigenvalue weighted by Gasteiger charge is 2.32.